The van der Waals surface area contributed by atoms with E-state index in [1.54, 1.807) is 0 Å². The maximum atomic E-state index is 11.4. The van der Waals surface area contributed by atoms with Crippen LogP contribution < -0.4 is 0 Å². The van der Waals surface area contributed by atoms with E-state index in [4.69, 9.17) is 4.74 Å². The number of halogens is 1. The van der Waals surface area contributed by atoms with Crippen LogP contribution in [0.4, 0.5) is 0 Å². The zero-order valence-electron chi connectivity index (χ0n) is 12.6. The van der Waals surface area contributed by atoms with Crippen molar-refractivity contribution in [2.24, 2.45) is 5.92 Å². The number of carbonyl (C=O) groups excluding carboxylic acids is 1. The average Bonchev–Trinajstić information content (AvgIpc) is 2.41. The molecule has 0 aliphatic carbocycles. The molecule has 1 aliphatic heterocycles. The Morgan fingerprint density at radius 1 is 1.33 bits per heavy atom. The molecule has 0 N–H and O–H groups in total. The Bertz CT molecular complexity index is 407. The molecule has 1 fully saturated rings. The Morgan fingerprint density at radius 3 is 2.33 bits per heavy atom. The molecule has 1 heterocycles. The number of methoxy groups -OCH3 is 1. The van der Waals surface area contributed by atoms with Crippen molar-refractivity contribution in [2.45, 2.75) is 19.4 Å². The molecule has 1 aliphatic rings. The maximum Gasteiger partial charge on any atom is 0.308 e. The third kappa shape index (κ3) is 8.49. The molecule has 3 nitrogen and oxygen atoms in total. The summed E-state index contributed by atoms with van der Waals surface area (Å²) >= 11 is 3.37. The molecule has 2 rings (SSSR count). The SMILES string of the molecule is COC(=O)C1CCN(Cc2[c-]cc(Br)c[c-]2)CC1.[CH3-].[Pr].[Pr]. The number of ether oxygens (including phenoxy) is 1. The molecule has 112 valence electrons. The first-order chi connectivity index (χ1) is 8.69. The number of piperidine rings is 1. The number of benzene rings is 1. The molecule has 0 unspecified atom stereocenters. The zero-order valence-corrected chi connectivity index (χ0v) is 21.6. The predicted molar refractivity (Wildman–Crippen MR) is 78.2 cm³/mol. The fraction of sp³-hybridized carbons (Fsp3) is 0.467. The molecule has 0 spiro atoms. The normalized spacial score (nSPS) is 15.1. The summed E-state index contributed by atoms with van der Waals surface area (Å²) in [5.74, 6) is 0.000503. The molecular weight excluding hydrogens is 588 g/mol. The minimum absolute atomic E-state index is 0. The summed E-state index contributed by atoms with van der Waals surface area (Å²) in [6, 6.07) is 10.2. The van der Waals surface area contributed by atoms with Crippen LogP contribution in [0.15, 0.2) is 16.6 Å². The van der Waals surface area contributed by atoms with Gasteiger partial charge in [-0.1, -0.05) is 0 Å². The van der Waals surface area contributed by atoms with Crippen LogP contribution in [0.3, 0.4) is 0 Å². The van der Waals surface area contributed by atoms with Crippen LogP contribution in [0.2, 0.25) is 0 Å². The molecule has 0 amide bonds. The van der Waals surface area contributed by atoms with Crippen LogP contribution >= 0.6 is 15.9 Å². The van der Waals surface area contributed by atoms with Crippen LogP contribution in [0.25, 0.3) is 0 Å². The van der Waals surface area contributed by atoms with Crippen molar-refractivity contribution >= 4 is 21.9 Å². The largest absolute Gasteiger partial charge is 0.469 e. The monoisotopic (exact) mass is 606 g/mol. The van der Waals surface area contributed by atoms with E-state index in [0.717, 1.165) is 42.5 Å². The van der Waals surface area contributed by atoms with Gasteiger partial charge < -0.3 is 29.2 Å². The van der Waals surface area contributed by atoms with Crippen molar-refractivity contribution in [3.63, 3.8) is 0 Å². The number of rotatable bonds is 3. The van der Waals surface area contributed by atoms with E-state index >= 15 is 0 Å². The van der Waals surface area contributed by atoms with Gasteiger partial charge in [0.1, 0.15) is 0 Å². The first-order valence-corrected chi connectivity index (χ1v) is 6.86. The van der Waals surface area contributed by atoms with Crippen molar-refractivity contribution in [2.75, 3.05) is 20.2 Å². The summed E-state index contributed by atoms with van der Waals surface area (Å²) < 4.78 is 5.78. The van der Waals surface area contributed by atoms with E-state index in [9.17, 15) is 4.79 Å². The van der Waals surface area contributed by atoms with Crippen LogP contribution in [-0.4, -0.2) is 31.1 Å². The van der Waals surface area contributed by atoms with Crippen molar-refractivity contribution in [3.05, 3.63) is 41.7 Å². The molecule has 6 heteroatoms. The van der Waals surface area contributed by atoms with E-state index < -0.39 is 0 Å². The molecule has 0 bridgehead atoms. The van der Waals surface area contributed by atoms with E-state index in [1.807, 2.05) is 12.1 Å². The van der Waals surface area contributed by atoms with E-state index in [-0.39, 0.29) is 102 Å². The van der Waals surface area contributed by atoms with Gasteiger partial charge in [0.15, 0.2) is 0 Å². The number of esters is 1. The second-order valence-electron chi connectivity index (χ2n) is 4.51. The quantitative estimate of drug-likeness (QED) is 0.392. The van der Waals surface area contributed by atoms with E-state index in [2.05, 4.69) is 33.0 Å². The molecular formula is C15H19BrNO2Pr2-3. The third-order valence-corrected chi connectivity index (χ3v) is 3.73. The fourth-order valence-corrected chi connectivity index (χ4v) is 2.43. The van der Waals surface area contributed by atoms with Gasteiger partial charge in [0.05, 0.1) is 13.0 Å². The van der Waals surface area contributed by atoms with Gasteiger partial charge in [0.25, 0.3) is 0 Å². The van der Waals surface area contributed by atoms with Gasteiger partial charge in [-0.05, 0) is 32.5 Å². The summed E-state index contributed by atoms with van der Waals surface area (Å²) in [6.45, 7) is 2.70. The van der Waals surface area contributed by atoms with Gasteiger partial charge >= 0.3 is 5.97 Å². The Kier molecular flexibility index (Phi) is 15.8. The molecule has 1 aromatic carbocycles. The van der Waals surface area contributed by atoms with Gasteiger partial charge in [-0.3, -0.25) is 22.5 Å². The minimum atomic E-state index is -0.0728. The summed E-state index contributed by atoms with van der Waals surface area (Å²) in [5.41, 5.74) is 1.06. The Balaban J connectivity index is 0. The number of hydrogen-bond donors (Lipinski definition) is 0. The standard InChI is InChI=1S/C14H16BrNO2.CH3.2Pr/c1-18-14(17)12-6-8-16(9-7-12)10-11-2-4-13(15)5-3-11;;;/h4-5,12H,6-10H2,1H3;1H3;;/q-2;-1;;. The van der Waals surface area contributed by atoms with Crippen LogP contribution in [0.1, 0.15) is 18.4 Å². The number of likely N-dealkylation sites (tertiary alicyclic amines) is 1. The number of hydrogen-bond acceptors (Lipinski definition) is 3. The average molecular weight is 607 g/mol. The summed E-state index contributed by atoms with van der Waals surface area (Å²) in [4.78, 5) is 13.7. The smallest absolute Gasteiger partial charge is 0.308 e. The Hall–Kier alpha value is 1.86. The second kappa shape index (κ2) is 13.2. The Morgan fingerprint density at radius 2 is 1.86 bits per heavy atom. The molecule has 0 atom stereocenters. The van der Waals surface area contributed by atoms with Gasteiger partial charge in [-0.25, -0.2) is 20.4 Å². The molecule has 0 saturated carbocycles. The van der Waals surface area contributed by atoms with Crippen molar-refractivity contribution in [3.8, 4) is 0 Å². The number of carbonyl (C=O) groups is 1. The van der Waals surface area contributed by atoms with E-state index in [1.165, 1.54) is 7.11 Å². The third-order valence-electron chi connectivity index (χ3n) is 3.27. The molecule has 1 saturated heterocycles. The topological polar surface area (TPSA) is 29.5 Å². The Labute approximate surface area is 203 Å². The molecule has 1 aromatic rings. The molecule has 2 radical (unpaired) electrons. The van der Waals surface area contributed by atoms with E-state index in [0.29, 0.717) is 0 Å². The van der Waals surface area contributed by atoms with Crippen molar-refractivity contribution < 1.29 is 92.1 Å². The fourth-order valence-electron chi connectivity index (χ4n) is 2.20. The first-order valence-electron chi connectivity index (χ1n) is 6.07. The van der Waals surface area contributed by atoms with Crippen molar-refractivity contribution in [1.82, 2.24) is 4.90 Å². The van der Waals surface area contributed by atoms with Gasteiger partial charge in [0, 0.05) is 82.6 Å². The molecule has 0 aromatic heterocycles. The summed E-state index contributed by atoms with van der Waals surface area (Å²) in [6.07, 6.45) is 1.76. The predicted octanol–water partition coefficient (Wildman–Crippen LogP) is 2.88. The van der Waals surface area contributed by atoms with Gasteiger partial charge in [0.2, 0.25) is 0 Å². The maximum absolute atomic E-state index is 11.4. The zero-order chi connectivity index (χ0) is 13.0. The molecule has 21 heavy (non-hydrogen) atoms. The summed E-state index contributed by atoms with van der Waals surface area (Å²) in [7, 11) is 1.46. The van der Waals surface area contributed by atoms with Crippen molar-refractivity contribution in [1.29, 1.82) is 0 Å². The second-order valence-corrected chi connectivity index (χ2v) is 5.43. The minimum Gasteiger partial charge on any atom is -0.469 e. The van der Waals surface area contributed by atoms with Crippen LogP contribution in [-0.2, 0) is 16.1 Å². The van der Waals surface area contributed by atoms with Crippen LogP contribution in [0, 0.1) is 108 Å². The number of nitrogens with zero attached hydrogens (tertiary/aromatic N) is 1. The van der Waals surface area contributed by atoms with Gasteiger partial charge in [-0.15, -0.1) is 0 Å². The van der Waals surface area contributed by atoms with Crippen LogP contribution in [0.5, 0.6) is 0 Å². The summed E-state index contributed by atoms with van der Waals surface area (Å²) in [5, 5.41) is 0. The first kappa shape index (κ1) is 25.1. The van der Waals surface area contributed by atoms with Gasteiger partial charge in [-0.2, -0.15) is 0 Å².